The lowest BCUT2D eigenvalue weighted by Gasteiger charge is -2.16. The Morgan fingerprint density at radius 1 is 1.38 bits per heavy atom. The minimum atomic E-state index is 0.668. The van der Waals surface area contributed by atoms with Gasteiger partial charge in [0.25, 0.3) is 0 Å². The van der Waals surface area contributed by atoms with Gasteiger partial charge in [0.2, 0.25) is 5.88 Å². The highest BCUT2D eigenvalue weighted by molar-refractivity contribution is 5.24. The maximum absolute atomic E-state index is 5.82. The molecule has 1 aliphatic rings. The van der Waals surface area contributed by atoms with E-state index >= 15 is 0 Å². The van der Waals surface area contributed by atoms with E-state index in [0.717, 1.165) is 37.3 Å². The van der Waals surface area contributed by atoms with Crippen molar-refractivity contribution in [1.29, 1.82) is 0 Å². The Kier molecular flexibility index (Phi) is 6.00. The minimum Gasteiger partial charge on any atom is -0.476 e. The summed E-state index contributed by atoms with van der Waals surface area (Å²) in [6.07, 6.45) is 2.68. The second-order valence-corrected chi connectivity index (χ2v) is 6.54. The third-order valence-electron chi connectivity index (χ3n) is 3.74. The first kappa shape index (κ1) is 16.2. The number of hydrogen-bond donors (Lipinski definition) is 1. The highest BCUT2D eigenvalue weighted by Crippen LogP contribution is 2.24. The fourth-order valence-corrected chi connectivity index (χ4v) is 2.38. The Hall–Kier alpha value is -1.13. The normalized spacial score (nSPS) is 15.0. The first-order chi connectivity index (χ1) is 10.0. The molecule has 0 aromatic carbocycles. The van der Waals surface area contributed by atoms with Crippen molar-refractivity contribution in [2.45, 2.75) is 46.2 Å². The summed E-state index contributed by atoms with van der Waals surface area (Å²) in [5, 5.41) is 3.46. The second kappa shape index (κ2) is 7.76. The third kappa shape index (κ3) is 6.02. The quantitative estimate of drug-likeness (QED) is 0.759. The number of likely N-dealkylation sites (N-methyl/N-ethyl adjacent to an activating group) is 1. The summed E-state index contributed by atoms with van der Waals surface area (Å²) in [4.78, 5) is 6.84. The number of aromatic nitrogens is 1. The average Bonchev–Trinajstić information content (AvgIpc) is 3.21. The molecule has 0 saturated heterocycles. The van der Waals surface area contributed by atoms with Gasteiger partial charge in [-0.2, -0.15) is 0 Å². The van der Waals surface area contributed by atoms with Crippen LogP contribution < -0.4 is 10.1 Å². The molecular weight excluding hydrogens is 262 g/mol. The van der Waals surface area contributed by atoms with Crippen LogP contribution in [0.25, 0.3) is 0 Å². The van der Waals surface area contributed by atoms with Crippen molar-refractivity contribution >= 4 is 0 Å². The van der Waals surface area contributed by atoms with Crippen molar-refractivity contribution in [3.05, 3.63) is 23.4 Å². The van der Waals surface area contributed by atoms with E-state index < -0.39 is 0 Å². The summed E-state index contributed by atoms with van der Waals surface area (Å²) in [5.41, 5.74) is 2.26. The molecular formula is C17H29N3O. The standard InChI is InChI=1S/C17H29N3O/c1-13(2)11-18-12-15-9-14(3)19-17(10-15)21-8-7-20(4)16-5-6-16/h9-10,13,16,18H,5-8,11-12H2,1-4H3. The lowest BCUT2D eigenvalue weighted by molar-refractivity contribution is 0.226. The number of aryl methyl sites for hydroxylation is 1. The van der Waals surface area contributed by atoms with Crippen LogP contribution in [0.15, 0.2) is 12.1 Å². The fraction of sp³-hybridized carbons (Fsp3) is 0.706. The molecule has 1 N–H and O–H groups in total. The summed E-state index contributed by atoms with van der Waals surface area (Å²) in [5.74, 6) is 1.42. The zero-order valence-corrected chi connectivity index (χ0v) is 13.9. The Balaban J connectivity index is 1.79. The van der Waals surface area contributed by atoms with Gasteiger partial charge in [-0.3, -0.25) is 0 Å². The van der Waals surface area contributed by atoms with Gasteiger partial charge < -0.3 is 15.0 Å². The van der Waals surface area contributed by atoms with Gasteiger partial charge >= 0.3 is 0 Å². The molecule has 1 aliphatic carbocycles. The van der Waals surface area contributed by atoms with Crippen LogP contribution in [0.2, 0.25) is 0 Å². The lowest BCUT2D eigenvalue weighted by Crippen LogP contribution is -2.26. The van der Waals surface area contributed by atoms with Crippen molar-refractivity contribution in [3.63, 3.8) is 0 Å². The monoisotopic (exact) mass is 291 g/mol. The van der Waals surface area contributed by atoms with Gasteiger partial charge in [-0.1, -0.05) is 13.8 Å². The predicted octanol–water partition coefficient (Wildman–Crippen LogP) is 2.61. The highest BCUT2D eigenvalue weighted by atomic mass is 16.5. The third-order valence-corrected chi connectivity index (χ3v) is 3.74. The Labute approximate surface area is 128 Å². The lowest BCUT2D eigenvalue weighted by atomic mass is 10.2. The van der Waals surface area contributed by atoms with E-state index in [4.69, 9.17) is 4.74 Å². The molecule has 0 aliphatic heterocycles. The van der Waals surface area contributed by atoms with E-state index in [2.05, 4.69) is 48.2 Å². The van der Waals surface area contributed by atoms with Gasteiger partial charge in [0.1, 0.15) is 6.61 Å². The Morgan fingerprint density at radius 3 is 2.81 bits per heavy atom. The zero-order chi connectivity index (χ0) is 15.2. The summed E-state index contributed by atoms with van der Waals surface area (Å²) in [7, 11) is 2.17. The molecule has 1 fully saturated rings. The van der Waals surface area contributed by atoms with Gasteiger partial charge in [-0.05, 0) is 50.9 Å². The highest BCUT2D eigenvalue weighted by Gasteiger charge is 2.25. The molecule has 21 heavy (non-hydrogen) atoms. The van der Waals surface area contributed by atoms with E-state index in [1.54, 1.807) is 0 Å². The number of nitrogens with one attached hydrogen (secondary N) is 1. The van der Waals surface area contributed by atoms with Crippen molar-refractivity contribution in [2.75, 3.05) is 26.7 Å². The minimum absolute atomic E-state index is 0.668. The van der Waals surface area contributed by atoms with Crippen LogP contribution in [0.1, 0.15) is 37.9 Å². The Morgan fingerprint density at radius 2 is 2.14 bits per heavy atom. The molecule has 4 nitrogen and oxygen atoms in total. The molecule has 118 valence electrons. The first-order valence-corrected chi connectivity index (χ1v) is 8.06. The smallest absolute Gasteiger partial charge is 0.213 e. The topological polar surface area (TPSA) is 37.4 Å². The molecule has 2 rings (SSSR count). The Bertz CT molecular complexity index is 444. The van der Waals surface area contributed by atoms with Crippen LogP contribution in [-0.4, -0.2) is 42.7 Å². The van der Waals surface area contributed by atoms with E-state index in [-0.39, 0.29) is 0 Å². The van der Waals surface area contributed by atoms with Crippen molar-refractivity contribution < 1.29 is 4.74 Å². The largest absolute Gasteiger partial charge is 0.476 e. The maximum Gasteiger partial charge on any atom is 0.213 e. The van der Waals surface area contributed by atoms with E-state index in [1.807, 2.05) is 6.92 Å². The van der Waals surface area contributed by atoms with Gasteiger partial charge in [-0.15, -0.1) is 0 Å². The van der Waals surface area contributed by atoms with Crippen molar-refractivity contribution in [2.24, 2.45) is 5.92 Å². The maximum atomic E-state index is 5.82. The molecule has 0 unspecified atom stereocenters. The molecule has 4 heteroatoms. The molecule has 1 aromatic heterocycles. The molecule has 1 saturated carbocycles. The van der Waals surface area contributed by atoms with E-state index in [1.165, 1.54) is 18.4 Å². The molecule has 1 heterocycles. The van der Waals surface area contributed by atoms with Crippen LogP contribution >= 0.6 is 0 Å². The number of rotatable bonds is 9. The first-order valence-electron chi connectivity index (χ1n) is 8.06. The van der Waals surface area contributed by atoms with Crippen LogP contribution in [0, 0.1) is 12.8 Å². The van der Waals surface area contributed by atoms with E-state index in [9.17, 15) is 0 Å². The number of ether oxygens (including phenoxy) is 1. The van der Waals surface area contributed by atoms with Gasteiger partial charge in [0.05, 0.1) is 0 Å². The second-order valence-electron chi connectivity index (χ2n) is 6.54. The molecule has 1 aromatic rings. The van der Waals surface area contributed by atoms with Crippen LogP contribution in [-0.2, 0) is 6.54 Å². The number of pyridine rings is 1. The summed E-state index contributed by atoms with van der Waals surface area (Å²) < 4.78 is 5.82. The van der Waals surface area contributed by atoms with Gasteiger partial charge in [0, 0.05) is 30.9 Å². The summed E-state index contributed by atoms with van der Waals surface area (Å²) in [6.45, 7) is 10.0. The summed E-state index contributed by atoms with van der Waals surface area (Å²) >= 11 is 0. The van der Waals surface area contributed by atoms with Crippen LogP contribution in [0.5, 0.6) is 5.88 Å². The zero-order valence-electron chi connectivity index (χ0n) is 13.9. The molecule has 0 radical (unpaired) electrons. The van der Waals surface area contributed by atoms with Crippen molar-refractivity contribution in [3.8, 4) is 5.88 Å². The molecule has 0 amide bonds. The van der Waals surface area contributed by atoms with E-state index in [0.29, 0.717) is 12.5 Å². The molecule has 0 bridgehead atoms. The molecule has 0 spiro atoms. The molecule has 0 atom stereocenters. The van der Waals surface area contributed by atoms with Crippen LogP contribution in [0.4, 0.5) is 0 Å². The SMILES string of the molecule is Cc1cc(CNCC(C)C)cc(OCCN(C)C2CC2)n1. The number of nitrogens with zero attached hydrogens (tertiary/aromatic N) is 2. The predicted molar refractivity (Wildman–Crippen MR) is 86.7 cm³/mol. The van der Waals surface area contributed by atoms with Gasteiger partial charge in [0.15, 0.2) is 0 Å². The van der Waals surface area contributed by atoms with Gasteiger partial charge in [-0.25, -0.2) is 4.98 Å². The summed E-state index contributed by atoms with van der Waals surface area (Å²) in [6, 6.07) is 4.96. The van der Waals surface area contributed by atoms with Crippen LogP contribution in [0.3, 0.4) is 0 Å². The number of hydrogen-bond acceptors (Lipinski definition) is 4. The average molecular weight is 291 g/mol. The van der Waals surface area contributed by atoms with Crippen molar-refractivity contribution in [1.82, 2.24) is 15.2 Å². The fourth-order valence-electron chi connectivity index (χ4n) is 2.38.